The van der Waals surface area contributed by atoms with E-state index < -0.39 is 36.1 Å². The van der Waals surface area contributed by atoms with Crippen molar-refractivity contribution in [2.24, 2.45) is 0 Å². The summed E-state index contributed by atoms with van der Waals surface area (Å²) in [7, 11) is 0. The van der Waals surface area contributed by atoms with Crippen LogP contribution in [0.3, 0.4) is 0 Å². The molecule has 2 aromatic heterocycles. The van der Waals surface area contributed by atoms with Gasteiger partial charge in [0.25, 0.3) is 18.2 Å². The van der Waals surface area contributed by atoms with Gasteiger partial charge in [0.05, 0.1) is 42.8 Å². The monoisotopic (exact) mass is 700 g/mol. The number of halogens is 3. The van der Waals surface area contributed by atoms with Gasteiger partial charge in [-0.3, -0.25) is 39.0 Å². The molecule has 1 atom stereocenters. The number of anilines is 1. The number of rotatable bonds is 7. The highest BCUT2D eigenvalue weighted by atomic mass is 79.9. The summed E-state index contributed by atoms with van der Waals surface area (Å²) in [5, 5.41) is 10.9. The fraction of sp³-hybridized carbons (Fsp3) is 0.467. The van der Waals surface area contributed by atoms with Crippen LogP contribution in [0.2, 0.25) is 0 Å². The van der Waals surface area contributed by atoms with Crippen LogP contribution >= 0.6 is 15.9 Å². The highest BCUT2D eigenvalue weighted by Gasteiger charge is 2.45. The molecule has 0 saturated carbocycles. The van der Waals surface area contributed by atoms with Gasteiger partial charge in [0.15, 0.2) is 5.69 Å². The third-order valence-corrected chi connectivity index (χ3v) is 9.80. The van der Waals surface area contributed by atoms with E-state index >= 15 is 0 Å². The number of amides is 4. The number of hydrogen-bond donors (Lipinski definition) is 1. The fourth-order valence-electron chi connectivity index (χ4n) is 6.65. The van der Waals surface area contributed by atoms with Crippen molar-refractivity contribution in [3.8, 4) is 5.69 Å². The Kier molecular flexibility index (Phi) is 8.19. The first-order valence-corrected chi connectivity index (χ1v) is 16.0. The van der Waals surface area contributed by atoms with E-state index in [4.69, 9.17) is 4.74 Å². The van der Waals surface area contributed by atoms with Gasteiger partial charge < -0.3 is 9.64 Å². The molecule has 0 aliphatic carbocycles. The number of aromatic nitrogens is 4. The van der Waals surface area contributed by atoms with Gasteiger partial charge in [0, 0.05) is 49.7 Å². The number of fused-ring (bicyclic) bond motifs is 1. The van der Waals surface area contributed by atoms with Crippen molar-refractivity contribution >= 4 is 45.4 Å². The molecule has 6 heterocycles. The minimum Gasteiger partial charge on any atom is -0.378 e. The molecule has 0 spiro atoms. The number of likely N-dealkylation sites (tertiary alicyclic amines) is 1. The summed E-state index contributed by atoms with van der Waals surface area (Å²) < 4.78 is 37.6. The molecular formula is C30H31BrF2N8O5. The van der Waals surface area contributed by atoms with Crippen molar-refractivity contribution in [2.45, 2.75) is 50.7 Å². The van der Waals surface area contributed by atoms with Gasteiger partial charge in [0.2, 0.25) is 11.8 Å². The van der Waals surface area contributed by atoms with Crippen LogP contribution in [0.4, 0.5) is 14.6 Å². The number of ether oxygens (including phenoxy) is 1. The van der Waals surface area contributed by atoms with Gasteiger partial charge in [-0.2, -0.15) is 10.2 Å². The van der Waals surface area contributed by atoms with Gasteiger partial charge >= 0.3 is 0 Å². The molecule has 3 saturated heterocycles. The summed E-state index contributed by atoms with van der Waals surface area (Å²) >= 11 is 3.55. The van der Waals surface area contributed by atoms with Gasteiger partial charge in [-0.05, 0) is 37.0 Å². The SMILES string of the molecule is O=C1CCC(N2C(=O)c3cc(Br)c(CN4CCC(n5cc(-n6nccc6N6CCOCC6)c(C(F)F)n5)CC4)cc3C2=O)C(=O)N1. The minimum atomic E-state index is -2.77. The molecule has 1 unspecified atom stereocenters. The van der Waals surface area contributed by atoms with Gasteiger partial charge in [-0.25, -0.2) is 13.5 Å². The van der Waals surface area contributed by atoms with Crippen molar-refractivity contribution in [2.75, 3.05) is 44.3 Å². The molecule has 7 rings (SSSR count). The highest BCUT2D eigenvalue weighted by molar-refractivity contribution is 9.10. The lowest BCUT2D eigenvalue weighted by Crippen LogP contribution is -2.54. The van der Waals surface area contributed by atoms with Crippen LogP contribution < -0.4 is 10.2 Å². The summed E-state index contributed by atoms with van der Waals surface area (Å²) in [6.07, 6.45) is 1.97. The molecule has 4 aliphatic rings. The zero-order chi connectivity index (χ0) is 32.1. The van der Waals surface area contributed by atoms with E-state index in [2.05, 4.69) is 41.2 Å². The zero-order valence-electron chi connectivity index (χ0n) is 24.7. The lowest BCUT2D eigenvalue weighted by atomic mass is 10.0. The van der Waals surface area contributed by atoms with E-state index in [1.54, 1.807) is 29.2 Å². The average Bonchev–Trinajstić information content (AvgIpc) is 3.76. The van der Waals surface area contributed by atoms with Crippen LogP contribution in [0.25, 0.3) is 5.69 Å². The number of carbonyl (C=O) groups excluding carboxylic acids is 4. The number of alkyl halides is 2. The van der Waals surface area contributed by atoms with Crippen molar-refractivity contribution < 1.29 is 32.7 Å². The fourth-order valence-corrected chi connectivity index (χ4v) is 7.12. The van der Waals surface area contributed by atoms with Crippen LogP contribution in [0.1, 0.15) is 70.1 Å². The van der Waals surface area contributed by atoms with Crippen molar-refractivity contribution in [3.63, 3.8) is 0 Å². The Morgan fingerprint density at radius 2 is 1.72 bits per heavy atom. The number of piperidine rings is 2. The second-order valence-electron chi connectivity index (χ2n) is 11.8. The molecule has 46 heavy (non-hydrogen) atoms. The Labute approximate surface area is 270 Å². The Morgan fingerprint density at radius 1 is 1.00 bits per heavy atom. The van der Waals surface area contributed by atoms with E-state index in [0.29, 0.717) is 63.3 Å². The molecule has 3 aromatic rings. The highest BCUT2D eigenvalue weighted by Crippen LogP contribution is 2.35. The number of morpholine rings is 1. The van der Waals surface area contributed by atoms with Crippen LogP contribution in [0.15, 0.2) is 35.1 Å². The second-order valence-corrected chi connectivity index (χ2v) is 12.7. The van der Waals surface area contributed by atoms with Crippen molar-refractivity contribution in [1.29, 1.82) is 0 Å². The largest absolute Gasteiger partial charge is 0.378 e. The molecule has 4 amide bonds. The number of nitrogens with one attached hydrogen (secondary N) is 1. The van der Waals surface area contributed by atoms with Crippen LogP contribution in [0.5, 0.6) is 0 Å². The predicted molar refractivity (Wildman–Crippen MR) is 162 cm³/mol. The zero-order valence-corrected chi connectivity index (χ0v) is 26.3. The average molecular weight is 702 g/mol. The number of benzene rings is 1. The Bertz CT molecular complexity index is 1710. The van der Waals surface area contributed by atoms with E-state index in [9.17, 15) is 28.0 Å². The molecule has 1 N–H and O–H groups in total. The Balaban J connectivity index is 1.04. The lowest BCUT2D eigenvalue weighted by Gasteiger charge is -2.32. The first kappa shape index (κ1) is 30.6. The Morgan fingerprint density at radius 3 is 2.41 bits per heavy atom. The lowest BCUT2D eigenvalue weighted by molar-refractivity contribution is -0.136. The van der Waals surface area contributed by atoms with Gasteiger partial charge in [-0.15, -0.1) is 0 Å². The molecule has 1 aromatic carbocycles. The first-order valence-electron chi connectivity index (χ1n) is 15.2. The summed E-state index contributed by atoms with van der Waals surface area (Å²) in [5.74, 6) is -1.47. The van der Waals surface area contributed by atoms with Crippen LogP contribution in [-0.2, 0) is 20.9 Å². The third-order valence-electron chi connectivity index (χ3n) is 9.06. The van der Waals surface area contributed by atoms with Crippen LogP contribution in [-0.4, -0.2) is 98.4 Å². The number of hydrogen-bond acceptors (Lipinski definition) is 9. The normalized spacial score (nSPS) is 21.4. The smallest absolute Gasteiger partial charge is 0.284 e. The second kappa shape index (κ2) is 12.3. The molecule has 4 aliphatic heterocycles. The number of nitrogens with zero attached hydrogens (tertiary/aromatic N) is 7. The molecule has 13 nitrogen and oxygen atoms in total. The maximum Gasteiger partial charge on any atom is 0.284 e. The summed E-state index contributed by atoms with van der Waals surface area (Å²) in [5.41, 5.74) is 1.19. The topological polar surface area (TPSA) is 135 Å². The van der Waals surface area contributed by atoms with E-state index in [0.717, 1.165) is 16.3 Å². The predicted octanol–water partition coefficient (Wildman–Crippen LogP) is 2.84. The third kappa shape index (κ3) is 5.51. The first-order chi connectivity index (χ1) is 22.2. The summed E-state index contributed by atoms with van der Waals surface area (Å²) in [6.45, 7) is 4.20. The Hall–Kier alpha value is -4.02. The van der Waals surface area contributed by atoms with Crippen LogP contribution in [0, 0.1) is 0 Å². The quantitative estimate of drug-likeness (QED) is 0.369. The molecular weight excluding hydrogens is 670 g/mol. The molecule has 0 radical (unpaired) electrons. The molecule has 242 valence electrons. The number of imide groups is 2. The van der Waals surface area contributed by atoms with E-state index in [1.807, 2.05) is 6.07 Å². The number of carbonyl (C=O) groups is 4. The maximum atomic E-state index is 14.2. The molecule has 3 fully saturated rings. The standard InChI is InChI=1S/C30H31BrF2N8O5/c31-21-14-20-19(29(44)40(30(20)45)22-1-2-24(42)35-28(22)43)13-17(21)15-37-7-4-18(5-8-37)39-16-23(26(36-39)27(32)33)41-25(3-6-34-41)38-9-11-46-12-10-38/h3,6,13-14,16,18,22,27H,1-2,4-5,7-12,15H2,(H,35,42,43). The molecule has 16 heteroatoms. The van der Waals surface area contributed by atoms with Gasteiger partial charge in [-0.1, -0.05) is 15.9 Å². The van der Waals surface area contributed by atoms with E-state index in [1.165, 1.54) is 4.68 Å². The van der Waals surface area contributed by atoms with Crippen molar-refractivity contribution in [1.82, 2.24) is 34.7 Å². The molecule has 0 bridgehead atoms. The summed E-state index contributed by atoms with van der Waals surface area (Å²) in [6, 6.07) is 3.99. The summed E-state index contributed by atoms with van der Waals surface area (Å²) in [4.78, 5) is 55.6. The minimum absolute atomic E-state index is 0.0523. The van der Waals surface area contributed by atoms with Crippen molar-refractivity contribution in [3.05, 3.63) is 57.4 Å². The van der Waals surface area contributed by atoms with E-state index in [-0.39, 0.29) is 41.4 Å². The maximum absolute atomic E-state index is 14.2. The van der Waals surface area contributed by atoms with Gasteiger partial charge in [0.1, 0.15) is 17.5 Å².